The van der Waals surface area contributed by atoms with Crippen molar-refractivity contribution >= 4 is 77.7 Å². The number of hydrazone groups is 1. The standard InChI is InChI=1S/C39H31Br2ClN4O4S/c1-2-48-36-20-26(8-17-35(36)49-22-25-6-4-3-5-7-25)23-50-37-32(40)18-27(19-33(37)41)21-43-46-38(47)29-11-9-28(10-12-29)34-24-51-39(45-34)44-31-15-13-30(42)14-16-31/h3-21,24H,2,22-23H2,1H3,(H,44,45)(H,46,47)/b43-21-. The van der Waals surface area contributed by atoms with Crippen LogP contribution in [0.5, 0.6) is 17.2 Å². The number of halogens is 3. The fourth-order valence-electron chi connectivity index (χ4n) is 4.86. The van der Waals surface area contributed by atoms with Crippen LogP contribution >= 0.6 is 54.8 Å². The normalized spacial score (nSPS) is 11.0. The van der Waals surface area contributed by atoms with Gasteiger partial charge in [0.1, 0.15) is 19.0 Å². The fourth-order valence-corrected chi connectivity index (χ4v) is 7.17. The molecule has 8 nitrogen and oxygen atoms in total. The van der Waals surface area contributed by atoms with Gasteiger partial charge in [-0.3, -0.25) is 4.79 Å². The summed E-state index contributed by atoms with van der Waals surface area (Å²) in [5.74, 6) is 1.64. The molecule has 5 aromatic carbocycles. The number of thiazole rings is 1. The molecule has 6 aromatic rings. The van der Waals surface area contributed by atoms with Crippen LogP contribution in [0.2, 0.25) is 5.02 Å². The van der Waals surface area contributed by atoms with Crippen molar-refractivity contribution in [1.29, 1.82) is 0 Å². The van der Waals surface area contributed by atoms with Gasteiger partial charge in [0.25, 0.3) is 5.91 Å². The Morgan fingerprint density at radius 2 is 1.57 bits per heavy atom. The van der Waals surface area contributed by atoms with Gasteiger partial charge in [-0.1, -0.05) is 60.1 Å². The van der Waals surface area contributed by atoms with Crippen LogP contribution in [0.15, 0.2) is 129 Å². The average molecular weight is 847 g/mol. The second kappa shape index (κ2) is 17.5. The molecular weight excluding hydrogens is 816 g/mol. The van der Waals surface area contributed by atoms with Crippen molar-refractivity contribution in [2.45, 2.75) is 20.1 Å². The Morgan fingerprint density at radius 1 is 0.843 bits per heavy atom. The van der Waals surface area contributed by atoms with Crippen LogP contribution in [-0.2, 0) is 13.2 Å². The van der Waals surface area contributed by atoms with Crippen LogP contribution in [0, 0.1) is 0 Å². The summed E-state index contributed by atoms with van der Waals surface area (Å²) in [6.07, 6.45) is 1.57. The lowest BCUT2D eigenvalue weighted by Gasteiger charge is -2.15. The Labute approximate surface area is 321 Å². The third-order valence-electron chi connectivity index (χ3n) is 7.37. The van der Waals surface area contributed by atoms with Crippen LogP contribution in [-0.4, -0.2) is 23.7 Å². The van der Waals surface area contributed by atoms with Crippen molar-refractivity contribution in [3.8, 4) is 28.5 Å². The number of hydrogen-bond acceptors (Lipinski definition) is 8. The number of carbonyl (C=O) groups excluding carboxylic acids is 1. The van der Waals surface area contributed by atoms with Gasteiger partial charge in [-0.2, -0.15) is 5.10 Å². The van der Waals surface area contributed by atoms with E-state index in [9.17, 15) is 4.79 Å². The Kier molecular flexibility index (Phi) is 12.4. The van der Waals surface area contributed by atoms with Crippen molar-refractivity contribution < 1.29 is 19.0 Å². The summed E-state index contributed by atoms with van der Waals surface area (Å²) in [5.41, 5.74) is 8.42. The molecule has 0 unspecified atom stereocenters. The van der Waals surface area contributed by atoms with Gasteiger partial charge in [0.15, 0.2) is 16.6 Å². The van der Waals surface area contributed by atoms with Gasteiger partial charge in [0.2, 0.25) is 0 Å². The van der Waals surface area contributed by atoms with E-state index in [0.717, 1.165) is 47.7 Å². The third-order valence-corrected chi connectivity index (χ3v) is 9.56. The Morgan fingerprint density at radius 3 is 2.29 bits per heavy atom. The molecule has 0 fully saturated rings. The minimum absolute atomic E-state index is 0.308. The summed E-state index contributed by atoms with van der Waals surface area (Å²) in [6.45, 7) is 3.21. The average Bonchev–Trinajstić information content (AvgIpc) is 3.61. The van der Waals surface area contributed by atoms with Gasteiger partial charge in [0, 0.05) is 27.2 Å². The van der Waals surface area contributed by atoms with Crippen molar-refractivity contribution in [1.82, 2.24) is 10.4 Å². The van der Waals surface area contributed by atoms with Gasteiger partial charge in [-0.15, -0.1) is 11.3 Å². The maximum absolute atomic E-state index is 12.8. The molecule has 258 valence electrons. The van der Waals surface area contributed by atoms with Gasteiger partial charge in [0.05, 0.1) is 27.5 Å². The zero-order valence-corrected chi connectivity index (χ0v) is 32.0. The van der Waals surface area contributed by atoms with E-state index in [4.69, 9.17) is 25.8 Å². The summed E-state index contributed by atoms with van der Waals surface area (Å²) < 4.78 is 19.5. The van der Waals surface area contributed by atoms with Gasteiger partial charge in [-0.25, -0.2) is 10.4 Å². The number of aromatic nitrogens is 1. The SMILES string of the molecule is CCOc1cc(COc2c(Br)cc(/C=N\NC(=O)c3ccc(-c4csc(Nc5ccc(Cl)cc5)n4)cc3)cc2Br)ccc1OCc1ccccc1. The summed E-state index contributed by atoms with van der Waals surface area (Å²) in [5, 5.41) is 10.8. The van der Waals surface area contributed by atoms with E-state index in [-0.39, 0.29) is 5.91 Å². The molecule has 0 saturated heterocycles. The second-order valence-electron chi connectivity index (χ2n) is 11.0. The van der Waals surface area contributed by atoms with Crippen LogP contribution in [0.25, 0.3) is 11.3 Å². The molecule has 0 aliphatic carbocycles. The maximum Gasteiger partial charge on any atom is 0.271 e. The largest absolute Gasteiger partial charge is 0.490 e. The van der Waals surface area contributed by atoms with E-state index in [1.54, 1.807) is 18.3 Å². The topological polar surface area (TPSA) is 94.1 Å². The number of carbonyl (C=O) groups is 1. The predicted molar refractivity (Wildman–Crippen MR) is 212 cm³/mol. The van der Waals surface area contributed by atoms with Crippen LogP contribution in [0.4, 0.5) is 10.8 Å². The van der Waals surface area contributed by atoms with Crippen molar-refractivity contribution in [2.24, 2.45) is 5.10 Å². The first-order valence-electron chi connectivity index (χ1n) is 15.8. The quantitative estimate of drug-likeness (QED) is 0.0838. The molecule has 1 amide bonds. The number of nitrogens with zero attached hydrogens (tertiary/aromatic N) is 2. The predicted octanol–water partition coefficient (Wildman–Crippen LogP) is 11.1. The van der Waals surface area contributed by atoms with Crippen molar-refractivity contribution in [3.63, 3.8) is 0 Å². The first kappa shape index (κ1) is 36.1. The second-order valence-corrected chi connectivity index (χ2v) is 14.0. The molecule has 0 bridgehead atoms. The number of rotatable bonds is 14. The summed E-state index contributed by atoms with van der Waals surface area (Å²) in [7, 11) is 0. The van der Waals surface area contributed by atoms with E-state index in [1.165, 1.54) is 11.3 Å². The van der Waals surface area contributed by atoms with Crippen LogP contribution < -0.4 is 25.0 Å². The summed E-state index contributed by atoms with van der Waals surface area (Å²) in [4.78, 5) is 17.5. The fraction of sp³-hybridized carbons (Fsp3) is 0.103. The molecule has 51 heavy (non-hydrogen) atoms. The van der Waals surface area contributed by atoms with Gasteiger partial charge >= 0.3 is 0 Å². The summed E-state index contributed by atoms with van der Waals surface area (Å²) in [6, 6.07) is 34.1. The number of nitrogens with one attached hydrogen (secondary N) is 2. The van der Waals surface area contributed by atoms with E-state index < -0.39 is 0 Å². The number of hydrogen-bond donors (Lipinski definition) is 2. The van der Waals surface area contributed by atoms with Gasteiger partial charge in [-0.05, 0) is 116 Å². The molecule has 1 aromatic heterocycles. The molecule has 2 N–H and O–H groups in total. The Balaban J connectivity index is 1.02. The number of ether oxygens (including phenoxy) is 3. The monoisotopic (exact) mass is 844 g/mol. The van der Waals surface area contributed by atoms with E-state index >= 15 is 0 Å². The van der Waals surface area contributed by atoms with Gasteiger partial charge < -0.3 is 19.5 Å². The number of benzene rings is 5. The Hall–Kier alpha value is -4.68. The molecule has 0 aliphatic rings. The smallest absolute Gasteiger partial charge is 0.271 e. The zero-order chi connectivity index (χ0) is 35.6. The highest BCUT2D eigenvalue weighted by atomic mass is 79.9. The third kappa shape index (κ3) is 9.98. The molecule has 0 atom stereocenters. The van der Waals surface area contributed by atoms with Crippen LogP contribution in [0.1, 0.15) is 34.0 Å². The maximum atomic E-state index is 12.8. The molecule has 12 heteroatoms. The highest BCUT2D eigenvalue weighted by molar-refractivity contribution is 9.11. The number of amides is 1. The highest BCUT2D eigenvalue weighted by Crippen LogP contribution is 2.36. The first-order valence-corrected chi connectivity index (χ1v) is 18.6. The zero-order valence-electron chi connectivity index (χ0n) is 27.2. The van der Waals surface area contributed by atoms with E-state index in [0.29, 0.717) is 47.7 Å². The summed E-state index contributed by atoms with van der Waals surface area (Å²) >= 11 is 14.7. The van der Waals surface area contributed by atoms with Crippen molar-refractivity contribution in [3.05, 3.63) is 151 Å². The minimum atomic E-state index is -0.331. The van der Waals surface area contributed by atoms with E-state index in [1.807, 2.05) is 109 Å². The highest BCUT2D eigenvalue weighted by Gasteiger charge is 2.13. The lowest BCUT2D eigenvalue weighted by molar-refractivity contribution is 0.0955. The minimum Gasteiger partial charge on any atom is -0.490 e. The van der Waals surface area contributed by atoms with Crippen LogP contribution in [0.3, 0.4) is 0 Å². The number of anilines is 2. The first-order chi connectivity index (χ1) is 24.8. The molecule has 0 saturated carbocycles. The van der Waals surface area contributed by atoms with E-state index in [2.05, 4.69) is 52.7 Å². The molecule has 0 radical (unpaired) electrons. The van der Waals surface area contributed by atoms with Crippen molar-refractivity contribution in [2.75, 3.05) is 11.9 Å². The molecular formula is C39H31Br2ClN4O4S. The molecule has 1 heterocycles. The molecule has 0 spiro atoms. The Bertz CT molecular complexity index is 2110. The molecule has 6 rings (SSSR count). The lowest BCUT2D eigenvalue weighted by atomic mass is 10.1. The molecule has 0 aliphatic heterocycles. The lowest BCUT2D eigenvalue weighted by Crippen LogP contribution is -2.17.